The molecule has 8 heteroatoms. The Morgan fingerprint density at radius 1 is 1.10 bits per heavy atom. The summed E-state index contributed by atoms with van der Waals surface area (Å²) in [7, 11) is 0. The molecule has 2 aromatic heterocycles. The van der Waals surface area contributed by atoms with Crippen LogP contribution in [0.4, 0.5) is 0 Å². The summed E-state index contributed by atoms with van der Waals surface area (Å²) in [6.45, 7) is 3.62. The third-order valence-electron chi connectivity index (χ3n) is 4.87. The zero-order valence-corrected chi connectivity index (χ0v) is 15.8. The van der Waals surface area contributed by atoms with Crippen molar-refractivity contribution in [3.63, 3.8) is 0 Å². The molecule has 0 amide bonds. The van der Waals surface area contributed by atoms with Crippen LogP contribution in [0.15, 0.2) is 62.8 Å². The zero-order valence-electron chi connectivity index (χ0n) is 15.8. The first-order valence-corrected chi connectivity index (χ1v) is 9.37. The number of rotatable bonds is 4. The number of amidine groups is 1. The van der Waals surface area contributed by atoms with Crippen LogP contribution in [-0.2, 0) is 6.54 Å². The molecule has 0 fully saturated rings. The van der Waals surface area contributed by atoms with Crippen LogP contribution in [-0.4, -0.2) is 38.8 Å². The Kier molecular flexibility index (Phi) is 4.16. The van der Waals surface area contributed by atoms with Gasteiger partial charge in [0.15, 0.2) is 0 Å². The molecule has 29 heavy (non-hydrogen) atoms. The fourth-order valence-electron chi connectivity index (χ4n) is 3.47. The molecule has 8 nitrogen and oxygen atoms in total. The predicted octanol–water partition coefficient (Wildman–Crippen LogP) is 2.15. The highest BCUT2D eigenvalue weighted by atomic mass is 16.5. The fraction of sp³-hybridized carbons (Fsp3) is 0.190. The molecule has 5 rings (SSSR count). The molecule has 0 saturated heterocycles. The highest BCUT2D eigenvalue weighted by Gasteiger charge is 2.15. The maximum absolute atomic E-state index is 12.7. The largest absolute Gasteiger partial charge is 0.368 e. The number of fused-ring (bicyclic) bond motifs is 1. The van der Waals surface area contributed by atoms with Crippen molar-refractivity contribution in [2.75, 3.05) is 13.1 Å². The van der Waals surface area contributed by atoms with Crippen molar-refractivity contribution in [1.82, 2.24) is 25.2 Å². The maximum Gasteiger partial charge on any atom is 0.275 e. The molecular weight excluding hydrogens is 368 g/mol. The van der Waals surface area contributed by atoms with Gasteiger partial charge in [0.05, 0.1) is 17.6 Å². The van der Waals surface area contributed by atoms with Gasteiger partial charge in [0.2, 0.25) is 11.7 Å². The van der Waals surface area contributed by atoms with E-state index in [2.05, 4.69) is 25.5 Å². The van der Waals surface area contributed by atoms with Crippen LogP contribution in [0.5, 0.6) is 0 Å². The third-order valence-corrected chi connectivity index (χ3v) is 4.87. The van der Waals surface area contributed by atoms with Gasteiger partial charge >= 0.3 is 0 Å². The number of aromatic nitrogens is 4. The number of nitrogens with zero attached hydrogens (tertiary/aromatic N) is 5. The van der Waals surface area contributed by atoms with Crippen molar-refractivity contribution in [2.45, 2.75) is 13.5 Å². The molecule has 1 aliphatic rings. The molecule has 2 aromatic carbocycles. The van der Waals surface area contributed by atoms with Gasteiger partial charge in [0, 0.05) is 23.1 Å². The minimum Gasteiger partial charge on any atom is -0.368 e. The average Bonchev–Trinajstić information content (AvgIpc) is 3.44. The van der Waals surface area contributed by atoms with Gasteiger partial charge in [-0.1, -0.05) is 41.6 Å². The quantitative estimate of drug-likeness (QED) is 0.577. The molecule has 0 bridgehead atoms. The molecule has 144 valence electrons. The van der Waals surface area contributed by atoms with Crippen molar-refractivity contribution in [3.8, 4) is 11.4 Å². The summed E-state index contributed by atoms with van der Waals surface area (Å²) in [6, 6.07) is 15.2. The standard InChI is InChI=1S/C21H18N6O2/c1-13-16-7-2-3-8-17(16)21(28)27(25-13)12-18-24-20(26-29-18)15-6-4-5-14(11-15)19-22-9-10-23-19/h2-8,11H,9-10,12H2,1H3,(H,22,23). The van der Waals surface area contributed by atoms with Gasteiger partial charge in [0.25, 0.3) is 5.56 Å². The van der Waals surface area contributed by atoms with Crippen LogP contribution in [0, 0.1) is 6.92 Å². The topological polar surface area (TPSA) is 98.2 Å². The van der Waals surface area contributed by atoms with E-state index in [4.69, 9.17) is 4.52 Å². The van der Waals surface area contributed by atoms with E-state index >= 15 is 0 Å². The second kappa shape index (κ2) is 6.97. The van der Waals surface area contributed by atoms with E-state index in [1.807, 2.05) is 49.4 Å². The van der Waals surface area contributed by atoms with E-state index in [-0.39, 0.29) is 12.1 Å². The van der Waals surface area contributed by atoms with Gasteiger partial charge in [-0.25, -0.2) is 4.68 Å². The van der Waals surface area contributed by atoms with Crippen LogP contribution < -0.4 is 10.9 Å². The monoisotopic (exact) mass is 386 g/mol. The SMILES string of the molecule is Cc1nn(Cc2nc(-c3cccc(C4=NCCN4)c3)no2)c(=O)c2ccccc12. The molecule has 0 unspecified atom stereocenters. The first-order valence-electron chi connectivity index (χ1n) is 9.37. The first-order chi connectivity index (χ1) is 14.2. The normalized spacial score (nSPS) is 13.5. The smallest absolute Gasteiger partial charge is 0.275 e. The van der Waals surface area contributed by atoms with Crippen molar-refractivity contribution in [3.05, 3.63) is 76.0 Å². The number of hydrogen-bond acceptors (Lipinski definition) is 7. The van der Waals surface area contributed by atoms with Gasteiger partial charge in [0.1, 0.15) is 12.4 Å². The highest BCUT2D eigenvalue weighted by Crippen LogP contribution is 2.19. The highest BCUT2D eigenvalue weighted by molar-refractivity contribution is 6.00. The minimum atomic E-state index is -0.182. The Bertz CT molecular complexity index is 1300. The predicted molar refractivity (Wildman–Crippen MR) is 109 cm³/mol. The fourth-order valence-corrected chi connectivity index (χ4v) is 3.47. The number of aryl methyl sites for hydroxylation is 1. The molecule has 1 aliphatic heterocycles. The molecule has 0 aliphatic carbocycles. The summed E-state index contributed by atoms with van der Waals surface area (Å²) in [5, 5.41) is 13.2. The lowest BCUT2D eigenvalue weighted by Crippen LogP contribution is -2.24. The number of aliphatic imine (C=N–C) groups is 1. The summed E-state index contributed by atoms with van der Waals surface area (Å²) in [6.07, 6.45) is 0. The molecule has 0 atom stereocenters. The Labute approximate surface area is 165 Å². The van der Waals surface area contributed by atoms with Crippen LogP contribution >= 0.6 is 0 Å². The Hall–Kier alpha value is -3.81. The third kappa shape index (κ3) is 3.18. The van der Waals surface area contributed by atoms with Crippen LogP contribution in [0.25, 0.3) is 22.2 Å². The molecule has 4 aromatic rings. The minimum absolute atomic E-state index is 0.117. The van der Waals surface area contributed by atoms with Crippen molar-refractivity contribution >= 4 is 16.6 Å². The van der Waals surface area contributed by atoms with E-state index in [0.29, 0.717) is 17.1 Å². The van der Waals surface area contributed by atoms with Gasteiger partial charge in [-0.15, -0.1) is 0 Å². The molecule has 0 saturated carbocycles. The molecule has 1 N–H and O–H groups in total. The Morgan fingerprint density at radius 3 is 2.76 bits per heavy atom. The van der Waals surface area contributed by atoms with Gasteiger partial charge in [-0.3, -0.25) is 9.79 Å². The number of nitrogens with one attached hydrogen (secondary N) is 1. The van der Waals surface area contributed by atoms with Crippen LogP contribution in [0.1, 0.15) is 17.1 Å². The molecule has 0 spiro atoms. The molecular formula is C21H18N6O2. The van der Waals surface area contributed by atoms with Crippen molar-refractivity contribution in [1.29, 1.82) is 0 Å². The van der Waals surface area contributed by atoms with E-state index in [1.54, 1.807) is 6.07 Å². The first kappa shape index (κ1) is 17.3. The van der Waals surface area contributed by atoms with E-state index in [1.165, 1.54) is 4.68 Å². The lowest BCUT2D eigenvalue weighted by atomic mass is 10.1. The summed E-state index contributed by atoms with van der Waals surface area (Å²) < 4.78 is 6.75. The second-order valence-electron chi connectivity index (χ2n) is 6.84. The Morgan fingerprint density at radius 2 is 1.93 bits per heavy atom. The number of hydrogen-bond donors (Lipinski definition) is 1. The maximum atomic E-state index is 12.7. The summed E-state index contributed by atoms with van der Waals surface area (Å²) >= 11 is 0. The average molecular weight is 386 g/mol. The van der Waals surface area contributed by atoms with E-state index in [9.17, 15) is 4.79 Å². The van der Waals surface area contributed by atoms with Crippen molar-refractivity contribution < 1.29 is 4.52 Å². The number of benzene rings is 2. The van der Waals surface area contributed by atoms with E-state index < -0.39 is 0 Å². The van der Waals surface area contributed by atoms with Crippen LogP contribution in [0.2, 0.25) is 0 Å². The lowest BCUT2D eigenvalue weighted by Gasteiger charge is -2.06. The lowest BCUT2D eigenvalue weighted by molar-refractivity contribution is 0.363. The summed E-state index contributed by atoms with van der Waals surface area (Å²) in [5.41, 5.74) is 2.40. The van der Waals surface area contributed by atoms with Gasteiger partial charge < -0.3 is 9.84 Å². The van der Waals surface area contributed by atoms with Gasteiger partial charge in [-0.05, 0) is 19.1 Å². The van der Waals surface area contributed by atoms with Crippen molar-refractivity contribution in [2.24, 2.45) is 4.99 Å². The molecule has 3 heterocycles. The second-order valence-corrected chi connectivity index (χ2v) is 6.84. The zero-order chi connectivity index (χ0) is 19.8. The summed E-state index contributed by atoms with van der Waals surface area (Å²) in [4.78, 5) is 21.6. The summed E-state index contributed by atoms with van der Waals surface area (Å²) in [5.74, 6) is 1.66. The van der Waals surface area contributed by atoms with E-state index in [0.717, 1.165) is 41.1 Å². The molecule has 0 radical (unpaired) electrons. The Balaban J connectivity index is 1.46. The van der Waals surface area contributed by atoms with Crippen LogP contribution in [0.3, 0.4) is 0 Å². The van der Waals surface area contributed by atoms with Gasteiger partial charge in [-0.2, -0.15) is 10.1 Å².